The van der Waals surface area contributed by atoms with E-state index in [0.29, 0.717) is 0 Å². The van der Waals surface area contributed by atoms with E-state index in [-0.39, 0.29) is 0 Å². The summed E-state index contributed by atoms with van der Waals surface area (Å²) in [4.78, 5) is 3.96. The third-order valence-electron chi connectivity index (χ3n) is 1.73. The van der Waals surface area contributed by atoms with E-state index in [2.05, 4.69) is 10.9 Å². The van der Waals surface area contributed by atoms with Gasteiger partial charge in [0.05, 0.1) is 6.20 Å². The van der Waals surface area contributed by atoms with Gasteiger partial charge in [-0.15, -0.1) is 0 Å². The summed E-state index contributed by atoms with van der Waals surface area (Å²) in [5.74, 6) is 2.76. The van der Waals surface area contributed by atoms with Crippen LogP contribution in [-0.4, -0.2) is 16.8 Å². The third-order valence-corrected chi connectivity index (χ3v) is 1.73. The van der Waals surface area contributed by atoms with Crippen LogP contribution in [0.2, 0.25) is 0 Å². The normalized spacial score (nSPS) is 14.0. The molecule has 2 rings (SSSR count). The van der Waals surface area contributed by atoms with Crippen LogP contribution < -0.4 is 0 Å². The summed E-state index contributed by atoms with van der Waals surface area (Å²) in [6, 6.07) is 10.0. The van der Waals surface area contributed by atoms with Crippen molar-refractivity contribution in [2.75, 3.05) is 0 Å². The van der Waals surface area contributed by atoms with Crippen molar-refractivity contribution >= 4 is 17.9 Å². The summed E-state index contributed by atoms with van der Waals surface area (Å²) >= 11 is 0. The lowest BCUT2D eigenvalue weighted by Gasteiger charge is -1.96. The molecule has 0 aliphatic carbocycles. The Bertz CT molecular complexity index is 407. The Labute approximate surface area is 76.9 Å². The first-order valence-electron chi connectivity index (χ1n) is 4.09. The summed E-state index contributed by atoms with van der Waals surface area (Å²) in [6.07, 6.45) is 7.35. The van der Waals surface area contributed by atoms with Crippen molar-refractivity contribution in [2.45, 2.75) is 0 Å². The molecule has 1 heterocycles. The van der Waals surface area contributed by atoms with E-state index in [9.17, 15) is 0 Å². The fraction of sp³-hybridized carbons (Fsp3) is 0. The van der Waals surface area contributed by atoms with Crippen LogP contribution in [0.3, 0.4) is 0 Å². The van der Waals surface area contributed by atoms with Gasteiger partial charge in [0.2, 0.25) is 0 Å². The van der Waals surface area contributed by atoms with Gasteiger partial charge in [-0.2, -0.15) is 0 Å². The maximum atomic E-state index is 3.96. The number of aliphatic imine (C=N–C) groups is 1. The van der Waals surface area contributed by atoms with Crippen molar-refractivity contribution in [3.8, 4) is 0 Å². The number of nitrogens with zero attached hydrogens (tertiary/aromatic N) is 2. The lowest BCUT2D eigenvalue weighted by molar-refractivity contribution is -0.355. The van der Waals surface area contributed by atoms with Crippen molar-refractivity contribution in [1.29, 1.82) is 0 Å². The van der Waals surface area contributed by atoms with Gasteiger partial charge in [-0.05, 0) is 23.2 Å². The molecule has 2 nitrogen and oxygen atoms in total. The molecule has 1 aromatic rings. The molecule has 0 saturated carbocycles. The maximum absolute atomic E-state index is 3.96. The molecule has 1 aromatic carbocycles. The van der Waals surface area contributed by atoms with Crippen molar-refractivity contribution in [2.24, 2.45) is 4.99 Å². The fourth-order valence-electron chi connectivity index (χ4n) is 1.11. The second-order valence-corrected chi connectivity index (χ2v) is 2.62. The average molecular weight is 169 g/mol. The molecule has 0 atom stereocenters. The zero-order chi connectivity index (χ0) is 8.93. The van der Waals surface area contributed by atoms with Gasteiger partial charge in [-0.25, -0.2) is 4.58 Å². The van der Waals surface area contributed by atoms with E-state index in [0.717, 1.165) is 5.69 Å². The average Bonchev–Trinajstić information content (AvgIpc) is 2.47. The minimum atomic E-state index is 1.10. The first kappa shape index (κ1) is 7.71. The molecule has 0 amide bonds. The molecular formula is C11H9N2+. The molecular weight excluding hydrogens is 160 g/mol. The van der Waals surface area contributed by atoms with Gasteiger partial charge < -0.3 is 0 Å². The number of allylic oxidation sites excluding steroid dienone is 2. The number of hydrogen-bond donors (Lipinski definition) is 0. The molecule has 0 bridgehead atoms. The Morgan fingerprint density at radius 2 is 2.00 bits per heavy atom. The van der Waals surface area contributed by atoms with Gasteiger partial charge in [0.1, 0.15) is 11.6 Å². The highest BCUT2D eigenvalue weighted by atomic mass is 15.0. The molecule has 1 aliphatic rings. The zero-order valence-corrected chi connectivity index (χ0v) is 7.09. The molecule has 0 fully saturated rings. The Morgan fingerprint density at radius 3 is 2.85 bits per heavy atom. The Balaban J connectivity index is 2.39. The van der Waals surface area contributed by atoms with Gasteiger partial charge in [-0.1, -0.05) is 18.2 Å². The number of hydrogen-bond acceptors (Lipinski definition) is 1. The van der Waals surface area contributed by atoms with Gasteiger partial charge in [0.25, 0.3) is 0 Å². The Kier molecular flexibility index (Phi) is 2.17. The predicted octanol–water partition coefficient (Wildman–Crippen LogP) is 2.11. The van der Waals surface area contributed by atoms with Gasteiger partial charge in [0.15, 0.2) is 0 Å². The molecule has 0 radical (unpaired) electrons. The van der Waals surface area contributed by atoms with Crippen LogP contribution in [0, 0.1) is 0 Å². The first-order chi connectivity index (χ1) is 6.47. The lowest BCUT2D eigenvalue weighted by atomic mass is 10.3. The molecule has 0 spiro atoms. The monoisotopic (exact) mass is 169 g/mol. The van der Waals surface area contributed by atoms with Gasteiger partial charge in [0, 0.05) is 6.08 Å². The standard InChI is InChI=1S/C11H9N2/c1-2-6-11(7-3-1)13-9-5-4-8-12-10-13/h1-7,9-10H/q+1. The van der Waals surface area contributed by atoms with Gasteiger partial charge >= 0.3 is 6.34 Å². The second kappa shape index (κ2) is 3.65. The topological polar surface area (TPSA) is 15.4 Å². The summed E-state index contributed by atoms with van der Waals surface area (Å²) in [5, 5.41) is 0. The molecule has 2 heteroatoms. The molecule has 62 valence electrons. The quantitative estimate of drug-likeness (QED) is 0.572. The fourth-order valence-corrected chi connectivity index (χ4v) is 1.11. The SMILES string of the molecule is C1=CC=C[N+](c2ccccc2)=CN=1. The lowest BCUT2D eigenvalue weighted by Crippen LogP contribution is -1.95. The van der Waals surface area contributed by atoms with Crippen LogP contribution in [0.4, 0.5) is 5.69 Å². The highest BCUT2D eigenvalue weighted by Gasteiger charge is 1.99. The minimum absolute atomic E-state index is 1.10. The number of rotatable bonds is 1. The molecule has 0 aromatic heterocycles. The smallest absolute Gasteiger partial charge is 0.202 e. The number of benzene rings is 1. The van der Waals surface area contributed by atoms with E-state index in [1.54, 1.807) is 12.4 Å². The van der Waals surface area contributed by atoms with Crippen LogP contribution >= 0.6 is 0 Å². The van der Waals surface area contributed by atoms with Crippen molar-refractivity contribution in [1.82, 2.24) is 0 Å². The van der Waals surface area contributed by atoms with Gasteiger partial charge in [-0.3, -0.25) is 0 Å². The van der Waals surface area contributed by atoms with E-state index in [1.807, 2.05) is 47.2 Å². The molecule has 0 unspecified atom stereocenters. The molecule has 13 heavy (non-hydrogen) atoms. The van der Waals surface area contributed by atoms with Crippen LogP contribution in [0.5, 0.6) is 0 Å². The second-order valence-electron chi connectivity index (χ2n) is 2.62. The summed E-state index contributed by atoms with van der Waals surface area (Å²) in [7, 11) is 0. The van der Waals surface area contributed by atoms with E-state index >= 15 is 0 Å². The predicted molar refractivity (Wildman–Crippen MR) is 53.6 cm³/mol. The maximum Gasteiger partial charge on any atom is 0.301 e. The van der Waals surface area contributed by atoms with Crippen LogP contribution in [0.15, 0.2) is 53.7 Å². The summed E-state index contributed by atoms with van der Waals surface area (Å²) < 4.78 is 1.94. The Hall–Kier alpha value is -1.92. The zero-order valence-electron chi connectivity index (χ0n) is 7.09. The third kappa shape index (κ3) is 1.81. The molecule has 1 aliphatic heterocycles. The number of para-hydroxylation sites is 1. The highest BCUT2D eigenvalue weighted by Crippen LogP contribution is 2.10. The van der Waals surface area contributed by atoms with E-state index in [1.165, 1.54) is 0 Å². The van der Waals surface area contributed by atoms with Crippen LogP contribution in [0.25, 0.3) is 0 Å². The van der Waals surface area contributed by atoms with Crippen molar-refractivity contribution in [3.05, 3.63) is 48.7 Å². The highest BCUT2D eigenvalue weighted by molar-refractivity contribution is 5.69. The van der Waals surface area contributed by atoms with E-state index < -0.39 is 0 Å². The Morgan fingerprint density at radius 1 is 1.15 bits per heavy atom. The first-order valence-corrected chi connectivity index (χ1v) is 4.09. The minimum Gasteiger partial charge on any atom is -0.202 e. The summed E-state index contributed by atoms with van der Waals surface area (Å²) in [6.45, 7) is 0. The van der Waals surface area contributed by atoms with Crippen LogP contribution in [-0.2, 0) is 0 Å². The molecule has 0 saturated heterocycles. The molecule has 0 N–H and O–H groups in total. The van der Waals surface area contributed by atoms with Crippen LogP contribution in [0.1, 0.15) is 0 Å². The van der Waals surface area contributed by atoms with E-state index in [4.69, 9.17) is 0 Å². The summed E-state index contributed by atoms with van der Waals surface area (Å²) in [5.41, 5.74) is 1.10. The van der Waals surface area contributed by atoms with Crippen molar-refractivity contribution < 1.29 is 4.58 Å². The van der Waals surface area contributed by atoms with Crippen molar-refractivity contribution in [3.63, 3.8) is 0 Å². The largest absolute Gasteiger partial charge is 0.301 e.